The molecule has 2 rings (SSSR count). The third-order valence-corrected chi connectivity index (χ3v) is 1.59. The summed E-state index contributed by atoms with van der Waals surface area (Å²) in [6.07, 6.45) is 0. The van der Waals surface area contributed by atoms with Gasteiger partial charge < -0.3 is 5.73 Å². The second kappa shape index (κ2) is 2.60. The highest BCUT2D eigenvalue weighted by Gasteiger charge is 2.01. The van der Waals surface area contributed by atoms with Crippen LogP contribution in [0.1, 0.15) is 5.48 Å². The molecule has 0 aliphatic carbocycles. The van der Waals surface area contributed by atoms with E-state index in [0.29, 0.717) is 0 Å². The van der Waals surface area contributed by atoms with Crippen molar-refractivity contribution < 1.29 is 5.48 Å². The Morgan fingerprint density at radius 1 is 1.33 bits per heavy atom. The largest absolute Gasteiger partial charge is 0.368 e. The molecule has 1 aromatic heterocycles. The first-order chi connectivity index (χ1) is 7.43. The molecule has 0 radical (unpaired) electrons. The van der Waals surface area contributed by atoms with Crippen molar-refractivity contribution in [1.82, 2.24) is 9.97 Å². The molecule has 0 spiro atoms. The summed E-state index contributed by atoms with van der Waals surface area (Å²) in [7, 11) is 0. The van der Waals surface area contributed by atoms with E-state index in [1.165, 1.54) is 0 Å². The van der Waals surface area contributed by atoms with Gasteiger partial charge in [-0.3, -0.25) is 0 Å². The molecule has 0 saturated heterocycles. The molecule has 60 valence electrons. The van der Waals surface area contributed by atoms with Crippen molar-refractivity contribution in [2.45, 2.75) is 0 Å². The van der Waals surface area contributed by atoms with Crippen LogP contribution in [0.4, 0.5) is 5.95 Å². The van der Waals surface area contributed by atoms with E-state index in [1.807, 2.05) is 0 Å². The summed E-state index contributed by atoms with van der Waals surface area (Å²) in [6.45, 7) is 0. The fourth-order valence-electron chi connectivity index (χ4n) is 0.835. The molecule has 2 aromatic rings. The fourth-order valence-corrected chi connectivity index (χ4v) is 1.06. The minimum Gasteiger partial charge on any atom is -0.368 e. The number of nitrogens with two attached hydrogens (primary N) is 1. The number of fused-ring (bicyclic) bond motifs is 1. The van der Waals surface area contributed by atoms with Crippen molar-refractivity contribution >= 4 is 28.5 Å². The van der Waals surface area contributed by atoms with Gasteiger partial charge in [-0.15, -0.1) is 0 Å². The van der Waals surface area contributed by atoms with Crippen LogP contribution >= 0.6 is 11.6 Å². The van der Waals surface area contributed by atoms with Gasteiger partial charge in [-0.05, 0) is 12.1 Å². The molecule has 0 fully saturated rings. The van der Waals surface area contributed by atoms with E-state index in [1.54, 1.807) is 0 Å². The maximum absolute atomic E-state index is 7.64. The molecule has 2 N–H and O–H groups in total. The number of anilines is 1. The third-order valence-electron chi connectivity index (χ3n) is 1.31. The Morgan fingerprint density at radius 3 is 2.92 bits per heavy atom. The molecule has 1 heterocycles. The Labute approximate surface area is 79.8 Å². The molecule has 0 bridgehead atoms. The fraction of sp³-hybridized carbons (Fsp3) is 0. The molecule has 4 heteroatoms. The van der Waals surface area contributed by atoms with Crippen LogP contribution in [-0.4, -0.2) is 9.97 Å². The lowest BCUT2D eigenvalue weighted by atomic mass is 10.2. The van der Waals surface area contributed by atoms with Gasteiger partial charge in [0.15, 0.2) is 0 Å². The zero-order chi connectivity index (χ0) is 12.0. The van der Waals surface area contributed by atoms with Crippen LogP contribution in [0.3, 0.4) is 0 Å². The quantitative estimate of drug-likeness (QED) is 0.635. The van der Waals surface area contributed by atoms with Crippen LogP contribution in [-0.2, 0) is 0 Å². The topological polar surface area (TPSA) is 51.8 Å². The molecule has 3 nitrogen and oxygen atoms in total. The Kier molecular flexibility index (Phi) is 0.879. The zero-order valence-corrected chi connectivity index (χ0v) is 6.61. The number of nitrogens with zero attached hydrogens (tertiary/aromatic N) is 2. The summed E-state index contributed by atoms with van der Waals surface area (Å²) in [6, 6.07) is -1.27. The van der Waals surface area contributed by atoms with E-state index in [9.17, 15) is 0 Å². The number of hydrogen-bond acceptors (Lipinski definition) is 3. The highest BCUT2D eigenvalue weighted by Crippen LogP contribution is 2.19. The minimum absolute atomic E-state index is 0.0310. The number of para-hydroxylation sites is 1. The summed E-state index contributed by atoms with van der Waals surface area (Å²) in [5.41, 5.74) is 5.40. The summed E-state index contributed by atoms with van der Waals surface area (Å²) in [5, 5.41) is 0.0105. The average Bonchev–Trinajstić information content (AvgIpc) is 2.22. The Balaban J connectivity index is 3.08. The summed E-state index contributed by atoms with van der Waals surface area (Å²) < 4.78 is 30.2. The third kappa shape index (κ3) is 1.08. The van der Waals surface area contributed by atoms with Gasteiger partial charge in [-0.25, -0.2) is 9.97 Å². The van der Waals surface area contributed by atoms with Crippen molar-refractivity contribution in [2.75, 3.05) is 5.73 Å². The van der Waals surface area contributed by atoms with Crippen LogP contribution in [0, 0.1) is 0 Å². The molecular formula is C8H6ClN3. The average molecular weight is 184 g/mol. The lowest BCUT2D eigenvalue weighted by Gasteiger charge is -1.98. The summed E-state index contributed by atoms with van der Waals surface area (Å²) in [4.78, 5) is 7.43. The van der Waals surface area contributed by atoms with Crippen LogP contribution in [0.25, 0.3) is 10.9 Å². The minimum atomic E-state index is -0.369. The predicted octanol–water partition coefficient (Wildman–Crippen LogP) is 1.87. The Hall–Kier alpha value is -1.35. The van der Waals surface area contributed by atoms with Gasteiger partial charge >= 0.3 is 0 Å². The Morgan fingerprint density at radius 2 is 2.08 bits per heavy atom. The molecule has 0 aliphatic rings. The van der Waals surface area contributed by atoms with Crippen LogP contribution in [0.2, 0.25) is 5.15 Å². The Bertz CT molecular complexity index is 602. The number of benzene rings is 1. The summed E-state index contributed by atoms with van der Waals surface area (Å²) in [5.74, 6) is -0.123. The molecule has 1 aromatic carbocycles. The van der Waals surface area contributed by atoms with Crippen molar-refractivity contribution in [1.29, 1.82) is 0 Å². The van der Waals surface area contributed by atoms with Gasteiger partial charge in [0.2, 0.25) is 5.95 Å². The highest BCUT2D eigenvalue weighted by molar-refractivity contribution is 6.34. The first-order valence-electron chi connectivity index (χ1n) is 5.12. The van der Waals surface area contributed by atoms with Gasteiger partial charge in [0.1, 0.15) is 5.15 Å². The maximum Gasteiger partial charge on any atom is 0.222 e. The van der Waals surface area contributed by atoms with Crippen LogP contribution in [0.15, 0.2) is 24.2 Å². The van der Waals surface area contributed by atoms with Gasteiger partial charge in [-0.1, -0.05) is 23.7 Å². The molecule has 12 heavy (non-hydrogen) atoms. The lowest BCUT2D eigenvalue weighted by molar-refractivity contribution is 1.24. The van der Waals surface area contributed by atoms with Crippen molar-refractivity contribution in [2.24, 2.45) is 0 Å². The van der Waals surface area contributed by atoms with Gasteiger partial charge in [0.25, 0.3) is 0 Å². The number of aromatic nitrogens is 2. The van der Waals surface area contributed by atoms with E-state index in [2.05, 4.69) is 9.97 Å². The van der Waals surface area contributed by atoms with Crippen LogP contribution in [0.5, 0.6) is 0 Å². The second-order valence-corrected chi connectivity index (χ2v) is 2.45. The van der Waals surface area contributed by atoms with E-state index in [-0.39, 0.29) is 46.2 Å². The highest BCUT2D eigenvalue weighted by atomic mass is 35.5. The first kappa shape index (κ1) is 4.05. The molecule has 0 atom stereocenters. The predicted molar refractivity (Wildman–Crippen MR) is 49.0 cm³/mol. The monoisotopic (exact) mass is 183 g/mol. The number of nitrogen functional groups attached to an aromatic ring is 1. The molecule has 0 unspecified atom stereocenters. The normalized spacial score (nSPS) is 15.1. The lowest BCUT2D eigenvalue weighted by Crippen LogP contribution is -1.95. The van der Waals surface area contributed by atoms with Gasteiger partial charge in [0, 0.05) is 5.39 Å². The summed E-state index contributed by atoms with van der Waals surface area (Å²) >= 11 is 5.78. The maximum atomic E-state index is 7.64. The number of rotatable bonds is 0. The molecule has 0 amide bonds. The number of hydrogen-bond donors (Lipinski definition) is 1. The van der Waals surface area contributed by atoms with E-state index in [4.69, 9.17) is 22.8 Å². The van der Waals surface area contributed by atoms with Gasteiger partial charge in [-0.2, -0.15) is 0 Å². The number of halogens is 1. The van der Waals surface area contributed by atoms with Crippen LogP contribution < -0.4 is 5.73 Å². The van der Waals surface area contributed by atoms with Crippen molar-refractivity contribution in [3.63, 3.8) is 0 Å². The second-order valence-electron chi connectivity index (χ2n) is 2.10. The van der Waals surface area contributed by atoms with Gasteiger partial charge in [0.05, 0.1) is 11.0 Å². The molecule has 0 aliphatic heterocycles. The zero-order valence-electron chi connectivity index (χ0n) is 9.85. The van der Waals surface area contributed by atoms with Crippen molar-refractivity contribution in [3.05, 3.63) is 29.3 Å². The SMILES string of the molecule is [2H]c1c([2H])c([2H])c2c(Cl)nc(N)nc2c1[2H]. The smallest absolute Gasteiger partial charge is 0.222 e. The molecule has 0 saturated carbocycles. The van der Waals surface area contributed by atoms with E-state index < -0.39 is 0 Å². The standard InChI is InChI=1S/C8H6ClN3/c9-7-5-3-1-2-4-6(5)11-8(10)12-7/h1-4H,(H2,10,11,12)/i1D,2D,3D,4D. The van der Waals surface area contributed by atoms with E-state index >= 15 is 0 Å². The first-order valence-corrected chi connectivity index (χ1v) is 3.50. The van der Waals surface area contributed by atoms with Crippen molar-refractivity contribution in [3.8, 4) is 0 Å². The van der Waals surface area contributed by atoms with E-state index in [0.717, 1.165) is 0 Å². The molecular weight excluding hydrogens is 174 g/mol.